The first kappa shape index (κ1) is 12.6. The quantitative estimate of drug-likeness (QED) is 0.668. The fourth-order valence-electron chi connectivity index (χ4n) is 1.53. The number of aromatic carboxylic acids is 1. The summed E-state index contributed by atoms with van der Waals surface area (Å²) in [6.07, 6.45) is 0.678. The van der Waals surface area contributed by atoms with Gasteiger partial charge in [0, 0.05) is 5.56 Å². The van der Waals surface area contributed by atoms with E-state index < -0.39 is 5.97 Å². The zero-order valence-electron chi connectivity index (χ0n) is 9.85. The van der Waals surface area contributed by atoms with E-state index in [2.05, 4.69) is 10.2 Å². The van der Waals surface area contributed by atoms with E-state index in [0.717, 1.165) is 0 Å². The van der Waals surface area contributed by atoms with Crippen LogP contribution in [-0.2, 0) is 0 Å². The van der Waals surface area contributed by atoms with Gasteiger partial charge in [-0.05, 0) is 24.3 Å². The average molecular weight is 254 g/mol. The number of benzene rings is 2. The molecule has 5 heteroatoms. The second kappa shape index (κ2) is 5.68. The molecule has 0 radical (unpaired) electrons. The smallest absolute Gasteiger partial charge is 0.337 e. The number of azo groups is 1. The molecule has 2 rings (SSSR count). The minimum atomic E-state index is -1.07. The van der Waals surface area contributed by atoms with Crippen LogP contribution in [0.1, 0.15) is 20.7 Å². The normalized spacial score (nSPS) is 10.5. The van der Waals surface area contributed by atoms with Crippen LogP contribution in [0.25, 0.3) is 0 Å². The second-order valence-corrected chi connectivity index (χ2v) is 3.70. The molecule has 0 fully saturated rings. The molecule has 5 nitrogen and oxygen atoms in total. The van der Waals surface area contributed by atoms with Crippen molar-refractivity contribution in [3.63, 3.8) is 0 Å². The number of aldehydes is 1. The van der Waals surface area contributed by atoms with E-state index in [9.17, 15) is 9.59 Å². The van der Waals surface area contributed by atoms with Crippen molar-refractivity contribution in [3.05, 3.63) is 59.7 Å². The van der Waals surface area contributed by atoms with Gasteiger partial charge < -0.3 is 5.11 Å². The highest BCUT2D eigenvalue weighted by molar-refractivity contribution is 5.93. The molecule has 0 saturated carbocycles. The highest BCUT2D eigenvalue weighted by atomic mass is 16.4. The van der Waals surface area contributed by atoms with Crippen LogP contribution in [0.5, 0.6) is 0 Å². The fraction of sp³-hybridized carbons (Fsp3) is 0. The van der Waals surface area contributed by atoms with Gasteiger partial charge in [0.15, 0.2) is 6.29 Å². The summed E-state index contributed by atoms with van der Waals surface area (Å²) in [5.74, 6) is -1.07. The van der Waals surface area contributed by atoms with E-state index in [-0.39, 0.29) is 11.3 Å². The van der Waals surface area contributed by atoms with Crippen LogP contribution < -0.4 is 0 Å². The molecule has 94 valence electrons. The number of hydrogen-bond donors (Lipinski definition) is 1. The second-order valence-electron chi connectivity index (χ2n) is 3.70. The minimum Gasteiger partial charge on any atom is -0.478 e. The zero-order chi connectivity index (χ0) is 13.7. The van der Waals surface area contributed by atoms with Crippen molar-refractivity contribution in [2.45, 2.75) is 0 Å². The van der Waals surface area contributed by atoms with E-state index in [4.69, 9.17) is 5.11 Å². The van der Waals surface area contributed by atoms with Gasteiger partial charge in [-0.1, -0.05) is 24.3 Å². The van der Waals surface area contributed by atoms with Crippen LogP contribution in [-0.4, -0.2) is 17.4 Å². The topological polar surface area (TPSA) is 79.1 Å². The van der Waals surface area contributed by atoms with Gasteiger partial charge in [0.1, 0.15) is 5.69 Å². The van der Waals surface area contributed by atoms with E-state index in [1.54, 1.807) is 42.5 Å². The third-order valence-electron chi connectivity index (χ3n) is 2.46. The molecule has 0 aliphatic carbocycles. The monoisotopic (exact) mass is 254 g/mol. The van der Waals surface area contributed by atoms with Gasteiger partial charge in [-0.15, -0.1) is 10.2 Å². The summed E-state index contributed by atoms with van der Waals surface area (Å²) in [5.41, 5.74) is 1.11. The van der Waals surface area contributed by atoms with E-state index in [0.29, 0.717) is 17.5 Å². The highest BCUT2D eigenvalue weighted by Gasteiger charge is 2.08. The van der Waals surface area contributed by atoms with Gasteiger partial charge >= 0.3 is 5.97 Å². The summed E-state index contributed by atoms with van der Waals surface area (Å²) in [5, 5.41) is 16.8. The van der Waals surface area contributed by atoms with E-state index in [1.807, 2.05) is 0 Å². The Morgan fingerprint density at radius 1 is 0.947 bits per heavy atom. The van der Waals surface area contributed by atoms with Crippen molar-refractivity contribution in [1.82, 2.24) is 0 Å². The lowest BCUT2D eigenvalue weighted by atomic mass is 10.2. The van der Waals surface area contributed by atoms with Crippen molar-refractivity contribution in [3.8, 4) is 0 Å². The summed E-state index contributed by atoms with van der Waals surface area (Å²) in [6, 6.07) is 13.0. The van der Waals surface area contributed by atoms with Gasteiger partial charge in [-0.2, -0.15) is 0 Å². The molecule has 0 amide bonds. The van der Waals surface area contributed by atoms with Crippen LogP contribution in [0.4, 0.5) is 11.4 Å². The summed E-state index contributed by atoms with van der Waals surface area (Å²) in [4.78, 5) is 21.8. The zero-order valence-corrected chi connectivity index (χ0v) is 9.85. The van der Waals surface area contributed by atoms with Crippen molar-refractivity contribution in [1.29, 1.82) is 0 Å². The van der Waals surface area contributed by atoms with Crippen molar-refractivity contribution in [2.24, 2.45) is 10.2 Å². The Morgan fingerprint density at radius 3 is 2.21 bits per heavy atom. The first-order chi connectivity index (χ1) is 9.22. The highest BCUT2D eigenvalue weighted by Crippen LogP contribution is 2.23. The van der Waals surface area contributed by atoms with Crippen LogP contribution >= 0.6 is 0 Å². The fourth-order valence-corrected chi connectivity index (χ4v) is 1.53. The number of carboxylic acid groups (broad SMARTS) is 1. The van der Waals surface area contributed by atoms with E-state index >= 15 is 0 Å². The molecule has 0 atom stereocenters. The number of hydrogen-bond acceptors (Lipinski definition) is 4. The van der Waals surface area contributed by atoms with Crippen LogP contribution in [0, 0.1) is 0 Å². The first-order valence-electron chi connectivity index (χ1n) is 5.50. The maximum Gasteiger partial charge on any atom is 0.337 e. The molecule has 0 bridgehead atoms. The number of carbonyl (C=O) groups excluding carboxylic acids is 1. The SMILES string of the molecule is O=Cc1ccccc1N=Nc1ccccc1C(=O)O. The molecular weight excluding hydrogens is 244 g/mol. The Morgan fingerprint density at radius 2 is 1.53 bits per heavy atom. The van der Waals surface area contributed by atoms with Gasteiger partial charge in [0.25, 0.3) is 0 Å². The van der Waals surface area contributed by atoms with Gasteiger partial charge in [0.05, 0.1) is 11.3 Å². The largest absolute Gasteiger partial charge is 0.478 e. The predicted molar refractivity (Wildman–Crippen MR) is 69.4 cm³/mol. The number of nitrogens with zero attached hydrogens (tertiary/aromatic N) is 2. The molecule has 1 N–H and O–H groups in total. The van der Waals surface area contributed by atoms with Gasteiger partial charge in [0.2, 0.25) is 0 Å². The average Bonchev–Trinajstić information content (AvgIpc) is 2.45. The summed E-state index contributed by atoms with van der Waals surface area (Å²) in [7, 11) is 0. The molecule has 0 aliphatic rings. The predicted octanol–water partition coefficient (Wildman–Crippen LogP) is 3.61. The maximum atomic E-state index is 11.0. The van der Waals surface area contributed by atoms with Gasteiger partial charge in [-0.25, -0.2) is 4.79 Å². The molecule has 19 heavy (non-hydrogen) atoms. The van der Waals surface area contributed by atoms with E-state index in [1.165, 1.54) is 6.07 Å². The molecule has 2 aromatic carbocycles. The molecular formula is C14H10N2O3. The van der Waals surface area contributed by atoms with Crippen molar-refractivity contribution >= 4 is 23.6 Å². The third kappa shape index (κ3) is 2.90. The lowest BCUT2D eigenvalue weighted by molar-refractivity contribution is 0.0697. The third-order valence-corrected chi connectivity index (χ3v) is 2.46. The standard InChI is InChI=1S/C14H10N2O3/c17-9-10-5-1-3-7-12(10)15-16-13-8-4-2-6-11(13)14(18)19/h1-9H,(H,18,19). The molecule has 2 aromatic rings. The molecule has 0 aliphatic heterocycles. The van der Waals surface area contributed by atoms with Crippen LogP contribution in [0.15, 0.2) is 58.8 Å². The Hall–Kier alpha value is -2.82. The Bertz CT molecular complexity index is 651. The summed E-state index contributed by atoms with van der Waals surface area (Å²) in [6.45, 7) is 0. The maximum absolute atomic E-state index is 11.0. The molecule has 0 unspecified atom stereocenters. The van der Waals surface area contributed by atoms with Gasteiger partial charge in [-0.3, -0.25) is 4.79 Å². The lowest BCUT2D eigenvalue weighted by Gasteiger charge is -1.99. The lowest BCUT2D eigenvalue weighted by Crippen LogP contribution is -1.95. The number of carboxylic acids is 1. The number of carbonyl (C=O) groups is 2. The Balaban J connectivity index is 2.38. The molecule has 0 saturated heterocycles. The molecule has 0 spiro atoms. The number of rotatable bonds is 4. The first-order valence-corrected chi connectivity index (χ1v) is 5.50. The molecule has 0 heterocycles. The Labute approximate surface area is 109 Å². The van der Waals surface area contributed by atoms with Crippen LogP contribution in [0.3, 0.4) is 0 Å². The van der Waals surface area contributed by atoms with Crippen molar-refractivity contribution in [2.75, 3.05) is 0 Å². The molecule has 0 aromatic heterocycles. The van der Waals surface area contributed by atoms with Crippen LogP contribution in [0.2, 0.25) is 0 Å². The minimum absolute atomic E-state index is 0.0647. The Kier molecular flexibility index (Phi) is 3.78. The van der Waals surface area contributed by atoms with Crippen molar-refractivity contribution < 1.29 is 14.7 Å². The summed E-state index contributed by atoms with van der Waals surface area (Å²) < 4.78 is 0. The summed E-state index contributed by atoms with van der Waals surface area (Å²) >= 11 is 0.